The highest BCUT2D eigenvalue weighted by atomic mass is 16.6. The van der Waals surface area contributed by atoms with Crippen molar-refractivity contribution in [2.45, 2.75) is 64.9 Å². The SMILES string of the molecule is CCCc1c(OCCCOc2ccc(C(=O)C=CN(C)C)c(OC)c2CCC)ccc2c1OC(C(=O)OC)CC2. The molecule has 0 spiro atoms. The first-order valence-electron chi connectivity index (χ1n) is 14.1. The maximum Gasteiger partial charge on any atom is 0.347 e. The molecule has 1 aliphatic heterocycles. The van der Waals surface area contributed by atoms with Gasteiger partial charge in [-0.25, -0.2) is 4.79 Å². The number of esters is 1. The summed E-state index contributed by atoms with van der Waals surface area (Å²) in [4.78, 5) is 26.7. The zero-order chi connectivity index (χ0) is 29.1. The second kappa shape index (κ2) is 15.2. The van der Waals surface area contributed by atoms with Crippen LogP contribution in [-0.2, 0) is 28.8 Å². The Morgan fingerprint density at radius 2 is 1.62 bits per heavy atom. The van der Waals surface area contributed by atoms with Gasteiger partial charge in [0.1, 0.15) is 23.0 Å². The van der Waals surface area contributed by atoms with Crippen LogP contribution in [-0.4, -0.2) is 64.3 Å². The topological polar surface area (TPSA) is 83.5 Å². The molecule has 1 atom stereocenters. The van der Waals surface area contributed by atoms with Crippen LogP contribution < -0.4 is 18.9 Å². The summed E-state index contributed by atoms with van der Waals surface area (Å²) in [5, 5.41) is 0. The van der Waals surface area contributed by atoms with Crippen molar-refractivity contribution in [3.8, 4) is 23.0 Å². The lowest BCUT2D eigenvalue weighted by Crippen LogP contribution is -2.32. The third kappa shape index (κ3) is 7.71. The van der Waals surface area contributed by atoms with E-state index < -0.39 is 6.10 Å². The third-order valence-corrected chi connectivity index (χ3v) is 6.71. The lowest BCUT2D eigenvalue weighted by molar-refractivity contribution is -0.149. The van der Waals surface area contributed by atoms with Crippen LogP contribution in [0.3, 0.4) is 0 Å². The Kier molecular flexibility index (Phi) is 11.7. The van der Waals surface area contributed by atoms with Crippen LogP contribution >= 0.6 is 0 Å². The van der Waals surface area contributed by atoms with Gasteiger partial charge in [-0.15, -0.1) is 0 Å². The fourth-order valence-corrected chi connectivity index (χ4v) is 4.80. The molecule has 0 bridgehead atoms. The van der Waals surface area contributed by atoms with E-state index in [1.54, 1.807) is 25.5 Å². The lowest BCUT2D eigenvalue weighted by Gasteiger charge is -2.27. The average molecular weight is 554 g/mol. The van der Waals surface area contributed by atoms with Crippen LogP contribution in [0.5, 0.6) is 23.0 Å². The van der Waals surface area contributed by atoms with Crippen LogP contribution in [0.4, 0.5) is 0 Å². The number of ether oxygens (including phenoxy) is 5. The van der Waals surface area contributed by atoms with Gasteiger partial charge < -0.3 is 28.6 Å². The van der Waals surface area contributed by atoms with Crippen molar-refractivity contribution >= 4 is 11.8 Å². The quantitative estimate of drug-likeness (QED) is 0.122. The molecule has 0 radical (unpaired) electrons. The van der Waals surface area contributed by atoms with Crippen molar-refractivity contribution in [2.75, 3.05) is 41.5 Å². The molecule has 0 amide bonds. The number of allylic oxidation sites excluding steroid dienone is 1. The predicted octanol–water partition coefficient (Wildman–Crippen LogP) is 5.57. The number of hydrogen-bond donors (Lipinski definition) is 0. The van der Waals surface area contributed by atoms with E-state index in [9.17, 15) is 9.59 Å². The first-order chi connectivity index (χ1) is 19.3. The highest BCUT2D eigenvalue weighted by molar-refractivity contribution is 6.07. The molecule has 2 aromatic rings. The van der Waals surface area contributed by atoms with Gasteiger partial charge in [0, 0.05) is 43.9 Å². The molecule has 1 unspecified atom stereocenters. The second-order valence-electron chi connectivity index (χ2n) is 10.0. The van der Waals surface area contributed by atoms with E-state index in [1.807, 2.05) is 37.2 Å². The minimum Gasteiger partial charge on any atom is -0.496 e. The Morgan fingerprint density at radius 3 is 2.25 bits per heavy atom. The van der Waals surface area contributed by atoms with E-state index in [1.165, 1.54) is 7.11 Å². The number of ketones is 1. The lowest BCUT2D eigenvalue weighted by atomic mass is 9.96. The Balaban J connectivity index is 1.67. The summed E-state index contributed by atoms with van der Waals surface area (Å²) in [7, 11) is 6.71. The number of methoxy groups -OCH3 is 2. The van der Waals surface area contributed by atoms with Crippen molar-refractivity contribution in [3.05, 3.63) is 58.8 Å². The molecule has 0 aliphatic carbocycles. The molecule has 2 aromatic carbocycles. The fraction of sp³-hybridized carbons (Fsp3) is 0.500. The standard InChI is InChI=1S/C32H43NO7/c1-7-10-24-27(15-12-22-13-16-29(32(35)37-6)40-30(22)24)38-20-9-21-39-28-17-14-23(26(34)18-19-33(3)4)31(36-5)25(28)11-8-2/h12,14-15,17-19,29H,7-11,13,16,20-21H2,1-6H3. The van der Waals surface area contributed by atoms with Crippen LogP contribution in [0.25, 0.3) is 0 Å². The minimum absolute atomic E-state index is 0.113. The monoisotopic (exact) mass is 553 g/mol. The Hall–Kier alpha value is -3.68. The molecule has 0 saturated heterocycles. The zero-order valence-electron chi connectivity index (χ0n) is 24.7. The molecule has 8 nitrogen and oxygen atoms in total. The number of rotatable bonds is 15. The molecule has 218 valence electrons. The Bertz CT molecular complexity index is 1190. The zero-order valence-corrected chi connectivity index (χ0v) is 24.7. The van der Waals surface area contributed by atoms with Gasteiger partial charge in [-0.05, 0) is 49.4 Å². The largest absolute Gasteiger partial charge is 0.496 e. The number of hydrogen-bond acceptors (Lipinski definition) is 8. The van der Waals surface area contributed by atoms with E-state index in [2.05, 4.69) is 13.8 Å². The summed E-state index contributed by atoms with van der Waals surface area (Å²) in [5.74, 6) is 2.34. The first kappa shape index (κ1) is 30.9. The second-order valence-corrected chi connectivity index (χ2v) is 10.0. The molecular weight excluding hydrogens is 510 g/mol. The van der Waals surface area contributed by atoms with E-state index in [4.69, 9.17) is 23.7 Å². The summed E-state index contributed by atoms with van der Waals surface area (Å²) in [6.07, 6.45) is 8.05. The molecule has 0 saturated carbocycles. The molecular formula is C32H43NO7. The van der Waals surface area contributed by atoms with Gasteiger partial charge in [0.05, 0.1) is 33.0 Å². The molecule has 40 heavy (non-hydrogen) atoms. The number of nitrogens with zero attached hydrogens (tertiary/aromatic N) is 1. The van der Waals surface area contributed by atoms with Gasteiger partial charge in [0.15, 0.2) is 11.9 Å². The number of benzene rings is 2. The minimum atomic E-state index is -0.586. The maximum atomic E-state index is 12.8. The molecule has 8 heteroatoms. The van der Waals surface area contributed by atoms with E-state index in [0.29, 0.717) is 37.4 Å². The Morgan fingerprint density at radius 1 is 0.975 bits per heavy atom. The smallest absolute Gasteiger partial charge is 0.347 e. The number of fused-ring (bicyclic) bond motifs is 1. The fourth-order valence-electron chi connectivity index (χ4n) is 4.80. The number of carbonyl (C=O) groups excluding carboxylic acids is 2. The third-order valence-electron chi connectivity index (χ3n) is 6.71. The summed E-state index contributed by atoms with van der Waals surface area (Å²) in [5.41, 5.74) is 3.50. The molecule has 0 fully saturated rings. The van der Waals surface area contributed by atoms with E-state index in [-0.39, 0.29) is 11.8 Å². The number of carbonyl (C=O) groups is 2. The van der Waals surface area contributed by atoms with Gasteiger partial charge in [-0.1, -0.05) is 32.8 Å². The average Bonchev–Trinajstić information content (AvgIpc) is 2.96. The van der Waals surface area contributed by atoms with Crippen molar-refractivity contribution in [1.82, 2.24) is 4.90 Å². The molecule has 1 heterocycles. The van der Waals surface area contributed by atoms with Gasteiger partial charge >= 0.3 is 5.97 Å². The highest BCUT2D eigenvalue weighted by Gasteiger charge is 2.29. The van der Waals surface area contributed by atoms with Gasteiger partial charge in [0.25, 0.3) is 0 Å². The van der Waals surface area contributed by atoms with Gasteiger partial charge in [-0.3, -0.25) is 4.79 Å². The maximum absolute atomic E-state index is 12.8. The van der Waals surface area contributed by atoms with Gasteiger partial charge in [-0.2, -0.15) is 0 Å². The van der Waals surface area contributed by atoms with E-state index in [0.717, 1.165) is 66.0 Å². The van der Waals surface area contributed by atoms with Crippen LogP contribution in [0.1, 0.15) is 66.6 Å². The van der Waals surface area contributed by atoms with Crippen molar-refractivity contribution in [1.29, 1.82) is 0 Å². The van der Waals surface area contributed by atoms with Crippen molar-refractivity contribution in [2.24, 2.45) is 0 Å². The molecule has 3 rings (SSSR count). The van der Waals surface area contributed by atoms with Crippen LogP contribution in [0.2, 0.25) is 0 Å². The van der Waals surface area contributed by atoms with Crippen LogP contribution in [0, 0.1) is 0 Å². The summed E-state index contributed by atoms with van der Waals surface area (Å²) < 4.78 is 29.0. The summed E-state index contributed by atoms with van der Waals surface area (Å²) in [6.45, 7) is 5.10. The summed E-state index contributed by atoms with van der Waals surface area (Å²) in [6, 6.07) is 7.63. The van der Waals surface area contributed by atoms with Crippen molar-refractivity contribution < 1.29 is 33.3 Å². The highest BCUT2D eigenvalue weighted by Crippen LogP contribution is 2.38. The normalized spacial score (nSPS) is 14.3. The molecule has 0 aromatic heterocycles. The first-order valence-corrected chi connectivity index (χ1v) is 14.1. The predicted molar refractivity (Wildman–Crippen MR) is 155 cm³/mol. The number of aryl methyl sites for hydroxylation is 1. The van der Waals surface area contributed by atoms with Crippen LogP contribution in [0.15, 0.2) is 36.5 Å². The Labute approximate surface area is 238 Å². The molecule has 1 aliphatic rings. The van der Waals surface area contributed by atoms with Gasteiger partial charge in [0.2, 0.25) is 0 Å². The van der Waals surface area contributed by atoms with Crippen molar-refractivity contribution in [3.63, 3.8) is 0 Å². The van der Waals surface area contributed by atoms with E-state index >= 15 is 0 Å². The molecule has 0 N–H and O–H groups in total. The summed E-state index contributed by atoms with van der Waals surface area (Å²) >= 11 is 0.